The number of rotatable bonds is 3. The largest absolute Gasteiger partial charge is 0.493 e. The molecule has 0 radical (unpaired) electrons. The van der Waals surface area contributed by atoms with Crippen molar-refractivity contribution in [2.24, 2.45) is 9.98 Å². The van der Waals surface area contributed by atoms with Crippen molar-refractivity contribution in [1.29, 1.82) is 0 Å². The Morgan fingerprint density at radius 1 is 1.12 bits per heavy atom. The van der Waals surface area contributed by atoms with Gasteiger partial charge in [0.2, 0.25) is 5.90 Å². The van der Waals surface area contributed by atoms with Crippen LogP contribution in [0, 0.1) is 0 Å². The summed E-state index contributed by atoms with van der Waals surface area (Å²) in [6, 6.07) is 12.1. The molecule has 0 aromatic heterocycles. The summed E-state index contributed by atoms with van der Waals surface area (Å²) >= 11 is 0. The fourth-order valence-corrected chi connectivity index (χ4v) is 2.59. The molecule has 6 heteroatoms. The van der Waals surface area contributed by atoms with Crippen molar-refractivity contribution in [2.45, 2.75) is 26.3 Å². The van der Waals surface area contributed by atoms with Crippen LogP contribution in [0.4, 0.5) is 5.69 Å². The molecule has 2 aromatic rings. The van der Waals surface area contributed by atoms with Gasteiger partial charge in [0.05, 0.1) is 29.5 Å². The van der Waals surface area contributed by atoms with Crippen molar-refractivity contribution in [1.82, 2.24) is 0 Å². The molecule has 1 aliphatic rings. The van der Waals surface area contributed by atoms with Crippen LogP contribution in [0.3, 0.4) is 0 Å². The number of carboxylic acid groups (broad SMARTS) is 1. The van der Waals surface area contributed by atoms with Crippen LogP contribution in [0.15, 0.2) is 52.4 Å². The zero-order valence-corrected chi connectivity index (χ0v) is 15.1. The Balaban J connectivity index is 2.23. The Morgan fingerprint density at radius 3 is 2.50 bits per heavy atom. The van der Waals surface area contributed by atoms with Gasteiger partial charge in [-0.3, -0.25) is 0 Å². The topological polar surface area (TPSA) is 80.5 Å². The third-order valence-electron chi connectivity index (χ3n) is 3.66. The molecule has 0 amide bonds. The van der Waals surface area contributed by atoms with Gasteiger partial charge in [-0.05, 0) is 45.0 Å². The highest BCUT2D eigenvalue weighted by molar-refractivity contribution is 6.49. The van der Waals surface area contributed by atoms with E-state index in [0.717, 1.165) is 0 Å². The van der Waals surface area contributed by atoms with E-state index in [1.54, 1.807) is 31.4 Å². The zero-order chi connectivity index (χ0) is 18.9. The number of nitrogens with zero attached hydrogens (tertiary/aromatic N) is 2. The van der Waals surface area contributed by atoms with Crippen molar-refractivity contribution >= 4 is 23.3 Å². The van der Waals surface area contributed by atoms with Crippen molar-refractivity contribution in [3.63, 3.8) is 0 Å². The lowest BCUT2D eigenvalue weighted by molar-refractivity contribution is 0.0698. The number of benzene rings is 2. The Hall–Kier alpha value is -3.15. The number of aromatic carboxylic acids is 1. The van der Waals surface area contributed by atoms with Gasteiger partial charge < -0.3 is 14.6 Å². The maximum absolute atomic E-state index is 11.5. The summed E-state index contributed by atoms with van der Waals surface area (Å²) in [5.41, 5.74) is 1.27. The predicted molar refractivity (Wildman–Crippen MR) is 100 cm³/mol. The minimum absolute atomic E-state index is 0.117. The third-order valence-corrected chi connectivity index (χ3v) is 3.66. The van der Waals surface area contributed by atoms with Crippen LogP contribution in [-0.2, 0) is 0 Å². The first-order valence-corrected chi connectivity index (χ1v) is 8.16. The highest BCUT2D eigenvalue weighted by Crippen LogP contribution is 2.38. The lowest BCUT2D eigenvalue weighted by Crippen LogP contribution is -2.21. The van der Waals surface area contributed by atoms with Crippen molar-refractivity contribution < 1.29 is 19.4 Å². The van der Waals surface area contributed by atoms with Crippen LogP contribution in [0.25, 0.3) is 0 Å². The summed E-state index contributed by atoms with van der Waals surface area (Å²) < 4.78 is 11.3. The van der Waals surface area contributed by atoms with Gasteiger partial charge in [-0.2, -0.15) is 0 Å². The second kappa shape index (κ2) is 6.63. The first-order valence-electron chi connectivity index (χ1n) is 8.16. The van der Waals surface area contributed by atoms with Gasteiger partial charge in [-0.15, -0.1) is 0 Å². The number of ether oxygens (including phenoxy) is 2. The summed E-state index contributed by atoms with van der Waals surface area (Å²) in [5.74, 6) is 0.409. The number of carbonyl (C=O) groups is 1. The summed E-state index contributed by atoms with van der Waals surface area (Å²) in [6.07, 6.45) is 0. The van der Waals surface area contributed by atoms with E-state index in [9.17, 15) is 9.90 Å². The number of methoxy groups -OCH3 is 1. The van der Waals surface area contributed by atoms with Gasteiger partial charge in [-0.25, -0.2) is 14.8 Å². The van der Waals surface area contributed by atoms with E-state index in [-0.39, 0.29) is 5.56 Å². The Kier molecular flexibility index (Phi) is 4.50. The van der Waals surface area contributed by atoms with Gasteiger partial charge in [-0.1, -0.05) is 18.2 Å². The average Bonchev–Trinajstić information content (AvgIpc) is 2.91. The van der Waals surface area contributed by atoms with Gasteiger partial charge in [0.25, 0.3) is 0 Å². The predicted octanol–water partition coefficient (Wildman–Crippen LogP) is 4.10. The van der Waals surface area contributed by atoms with E-state index in [1.165, 1.54) is 6.07 Å². The van der Waals surface area contributed by atoms with Gasteiger partial charge >= 0.3 is 5.97 Å². The van der Waals surface area contributed by atoms with Crippen molar-refractivity contribution in [3.8, 4) is 11.5 Å². The molecule has 0 unspecified atom stereocenters. The summed E-state index contributed by atoms with van der Waals surface area (Å²) in [5, 5.41) is 9.42. The van der Waals surface area contributed by atoms with Crippen molar-refractivity contribution in [3.05, 3.63) is 53.6 Å². The lowest BCUT2D eigenvalue weighted by Gasteiger charge is -2.13. The molecule has 0 atom stereocenters. The highest BCUT2D eigenvalue weighted by Gasteiger charge is 2.31. The second-order valence-corrected chi connectivity index (χ2v) is 6.81. The standard InChI is InChI=1S/C20H20N2O4/c1-20(2,3)22-18-16(13-9-7-11-15(25-4)17(13)26-18)21-14-10-6-5-8-12(14)19(23)24/h5-11H,1-4H3,(H,23,24). The molecule has 1 aliphatic heterocycles. The quantitative estimate of drug-likeness (QED) is 0.901. The highest BCUT2D eigenvalue weighted by atomic mass is 16.5. The van der Waals surface area contributed by atoms with Crippen LogP contribution in [0.1, 0.15) is 36.7 Å². The van der Waals surface area contributed by atoms with Crippen LogP contribution in [0.2, 0.25) is 0 Å². The van der Waals surface area contributed by atoms with E-state index in [1.807, 2.05) is 32.9 Å². The number of aliphatic imine (C=N–C) groups is 2. The van der Waals surface area contributed by atoms with Crippen LogP contribution in [-0.4, -0.2) is 35.3 Å². The Morgan fingerprint density at radius 2 is 1.85 bits per heavy atom. The molecule has 0 bridgehead atoms. The van der Waals surface area contributed by atoms with E-state index < -0.39 is 11.5 Å². The summed E-state index contributed by atoms with van der Waals surface area (Å²) in [4.78, 5) is 20.7. The molecule has 2 aromatic carbocycles. The number of para-hydroxylation sites is 2. The molecule has 0 fully saturated rings. The SMILES string of the molecule is COc1cccc2c1OC(=NC(C)(C)C)C2=Nc1ccccc1C(=O)O. The molecule has 1 N–H and O–H groups in total. The molecular formula is C20H20N2O4. The molecule has 26 heavy (non-hydrogen) atoms. The second-order valence-electron chi connectivity index (χ2n) is 6.81. The maximum Gasteiger partial charge on any atom is 0.337 e. The minimum Gasteiger partial charge on any atom is -0.493 e. The van der Waals surface area contributed by atoms with E-state index in [0.29, 0.717) is 34.4 Å². The number of fused-ring (bicyclic) bond motifs is 1. The van der Waals surface area contributed by atoms with Gasteiger partial charge in [0.15, 0.2) is 11.5 Å². The van der Waals surface area contributed by atoms with Gasteiger partial charge in [0, 0.05) is 0 Å². The smallest absolute Gasteiger partial charge is 0.337 e. The van der Waals surface area contributed by atoms with Crippen molar-refractivity contribution in [2.75, 3.05) is 7.11 Å². The fourth-order valence-electron chi connectivity index (χ4n) is 2.59. The lowest BCUT2D eigenvalue weighted by atomic mass is 10.1. The Labute approximate surface area is 151 Å². The zero-order valence-electron chi connectivity index (χ0n) is 15.1. The molecule has 0 saturated carbocycles. The van der Waals surface area contributed by atoms with Crippen LogP contribution in [0.5, 0.6) is 11.5 Å². The summed E-state index contributed by atoms with van der Waals surface area (Å²) in [6.45, 7) is 5.85. The molecule has 134 valence electrons. The fraction of sp³-hybridized carbons (Fsp3) is 0.250. The molecule has 6 nitrogen and oxygen atoms in total. The molecule has 0 spiro atoms. The first kappa shape index (κ1) is 17.7. The molecular weight excluding hydrogens is 332 g/mol. The normalized spacial score (nSPS) is 16.5. The maximum atomic E-state index is 11.5. The van der Waals surface area contributed by atoms with Crippen LogP contribution < -0.4 is 9.47 Å². The monoisotopic (exact) mass is 352 g/mol. The summed E-state index contributed by atoms with van der Waals surface area (Å²) in [7, 11) is 1.56. The number of hydrogen-bond acceptors (Lipinski definition) is 5. The molecule has 1 heterocycles. The van der Waals surface area contributed by atoms with Crippen LogP contribution >= 0.6 is 0 Å². The van der Waals surface area contributed by atoms with E-state index >= 15 is 0 Å². The van der Waals surface area contributed by atoms with Gasteiger partial charge in [0.1, 0.15) is 5.71 Å². The van der Waals surface area contributed by atoms with E-state index in [2.05, 4.69) is 9.98 Å². The minimum atomic E-state index is -1.04. The van der Waals surface area contributed by atoms with E-state index in [4.69, 9.17) is 9.47 Å². The third kappa shape index (κ3) is 3.44. The average molecular weight is 352 g/mol. The molecule has 0 saturated heterocycles. The Bertz CT molecular complexity index is 924. The number of carboxylic acids is 1. The first-order chi connectivity index (χ1) is 12.3. The number of hydrogen-bond donors (Lipinski definition) is 1. The molecule has 3 rings (SSSR count). The molecule has 0 aliphatic carbocycles.